The van der Waals surface area contributed by atoms with Gasteiger partial charge in [-0.15, -0.1) is 0 Å². The van der Waals surface area contributed by atoms with Gasteiger partial charge in [-0.05, 0) is 48.7 Å². The number of amides is 1. The predicted octanol–water partition coefficient (Wildman–Crippen LogP) is 5.20. The summed E-state index contributed by atoms with van der Waals surface area (Å²) in [5.41, 5.74) is 4.51. The average molecular weight is 383 g/mol. The van der Waals surface area contributed by atoms with Crippen LogP contribution in [0.15, 0.2) is 83.5 Å². The van der Waals surface area contributed by atoms with Crippen LogP contribution in [0.3, 0.4) is 0 Å². The first-order valence-corrected chi connectivity index (χ1v) is 9.43. The summed E-state index contributed by atoms with van der Waals surface area (Å²) < 4.78 is 5.49. The van der Waals surface area contributed by atoms with Gasteiger partial charge in [-0.2, -0.15) is 0 Å². The number of rotatable bonds is 5. The van der Waals surface area contributed by atoms with E-state index in [0.717, 1.165) is 16.7 Å². The lowest BCUT2D eigenvalue weighted by Gasteiger charge is -2.20. The standard InChI is InChI=1S/C24H21N3O2/c1-17-11-12-20(14-18(17)2)22-15-21(26-29-22)24(28)27(23-10-6-7-13-25-23)16-19-8-4-3-5-9-19/h3-15H,16H2,1-2H3. The Labute approximate surface area is 169 Å². The molecule has 0 fully saturated rings. The lowest BCUT2D eigenvalue weighted by atomic mass is 10.0. The lowest BCUT2D eigenvalue weighted by molar-refractivity contribution is 0.0975. The molecular formula is C24H21N3O2. The maximum absolute atomic E-state index is 13.3. The molecule has 0 saturated carbocycles. The van der Waals surface area contributed by atoms with Crippen LogP contribution in [0.4, 0.5) is 5.82 Å². The number of pyridine rings is 1. The van der Waals surface area contributed by atoms with E-state index in [1.54, 1.807) is 17.2 Å². The molecule has 0 aliphatic rings. The van der Waals surface area contributed by atoms with Crippen molar-refractivity contribution in [2.24, 2.45) is 0 Å². The van der Waals surface area contributed by atoms with Crippen molar-refractivity contribution in [2.45, 2.75) is 20.4 Å². The number of hydrogen-bond donors (Lipinski definition) is 0. The number of anilines is 1. The topological polar surface area (TPSA) is 59.2 Å². The van der Waals surface area contributed by atoms with Gasteiger partial charge in [-0.3, -0.25) is 9.69 Å². The highest BCUT2D eigenvalue weighted by molar-refractivity contribution is 6.04. The number of hydrogen-bond acceptors (Lipinski definition) is 4. The molecule has 5 heteroatoms. The van der Waals surface area contributed by atoms with Crippen LogP contribution in [-0.2, 0) is 6.54 Å². The molecule has 0 aliphatic carbocycles. The van der Waals surface area contributed by atoms with Crippen molar-refractivity contribution in [1.82, 2.24) is 10.1 Å². The number of carbonyl (C=O) groups is 1. The third-order valence-electron chi connectivity index (χ3n) is 4.88. The first kappa shape index (κ1) is 18.6. The number of benzene rings is 2. The van der Waals surface area contributed by atoms with Crippen molar-refractivity contribution < 1.29 is 9.32 Å². The van der Waals surface area contributed by atoms with Crippen LogP contribution in [0.5, 0.6) is 0 Å². The van der Waals surface area contributed by atoms with E-state index < -0.39 is 0 Å². The summed E-state index contributed by atoms with van der Waals surface area (Å²) in [5.74, 6) is 0.876. The van der Waals surface area contributed by atoms with E-state index in [9.17, 15) is 4.79 Å². The molecule has 0 atom stereocenters. The minimum atomic E-state index is -0.258. The average Bonchev–Trinajstić information content (AvgIpc) is 3.25. The fraction of sp³-hybridized carbons (Fsp3) is 0.125. The third-order valence-corrected chi connectivity index (χ3v) is 4.88. The summed E-state index contributed by atoms with van der Waals surface area (Å²) in [6, 6.07) is 23.0. The number of carbonyl (C=O) groups excluding carboxylic acids is 1. The highest BCUT2D eigenvalue weighted by Crippen LogP contribution is 2.25. The van der Waals surface area contributed by atoms with Crippen molar-refractivity contribution >= 4 is 11.7 Å². The smallest absolute Gasteiger partial charge is 0.281 e. The van der Waals surface area contributed by atoms with Crippen molar-refractivity contribution in [3.05, 3.63) is 101 Å². The quantitative estimate of drug-likeness (QED) is 0.475. The van der Waals surface area contributed by atoms with E-state index in [4.69, 9.17) is 4.52 Å². The summed E-state index contributed by atoms with van der Waals surface area (Å²) in [6.07, 6.45) is 1.67. The minimum absolute atomic E-state index is 0.250. The molecule has 0 unspecified atom stereocenters. The zero-order valence-electron chi connectivity index (χ0n) is 16.4. The Morgan fingerprint density at radius 1 is 0.931 bits per heavy atom. The van der Waals surface area contributed by atoms with Crippen LogP contribution in [0.1, 0.15) is 27.2 Å². The molecule has 0 N–H and O–H groups in total. The highest BCUT2D eigenvalue weighted by atomic mass is 16.5. The molecule has 0 aliphatic heterocycles. The van der Waals surface area contributed by atoms with Gasteiger partial charge in [0.15, 0.2) is 11.5 Å². The van der Waals surface area contributed by atoms with Crippen LogP contribution < -0.4 is 4.90 Å². The molecule has 5 nitrogen and oxygen atoms in total. The van der Waals surface area contributed by atoms with Gasteiger partial charge in [-0.1, -0.05) is 53.7 Å². The fourth-order valence-electron chi connectivity index (χ4n) is 3.08. The molecule has 4 rings (SSSR count). The van der Waals surface area contributed by atoms with Crippen molar-refractivity contribution in [2.75, 3.05) is 4.90 Å². The summed E-state index contributed by atoms with van der Waals surface area (Å²) in [5, 5.41) is 4.04. The van der Waals surface area contributed by atoms with E-state index in [1.807, 2.05) is 73.7 Å². The van der Waals surface area contributed by atoms with Gasteiger partial charge in [0.25, 0.3) is 5.91 Å². The van der Waals surface area contributed by atoms with Crippen molar-refractivity contribution in [3.8, 4) is 11.3 Å². The second-order valence-corrected chi connectivity index (χ2v) is 6.94. The van der Waals surface area contributed by atoms with Crippen LogP contribution >= 0.6 is 0 Å². The zero-order chi connectivity index (χ0) is 20.2. The second kappa shape index (κ2) is 8.10. The molecule has 0 bridgehead atoms. The Balaban J connectivity index is 1.66. The van der Waals surface area contributed by atoms with Crippen LogP contribution in [0.25, 0.3) is 11.3 Å². The summed E-state index contributed by atoms with van der Waals surface area (Å²) in [7, 11) is 0. The molecule has 2 aromatic carbocycles. The molecule has 29 heavy (non-hydrogen) atoms. The van der Waals surface area contributed by atoms with Crippen molar-refractivity contribution in [3.63, 3.8) is 0 Å². The van der Waals surface area contributed by atoms with Gasteiger partial charge in [0.05, 0.1) is 6.54 Å². The minimum Gasteiger partial charge on any atom is -0.355 e. The Bertz CT molecular complexity index is 1120. The Morgan fingerprint density at radius 3 is 2.45 bits per heavy atom. The van der Waals surface area contributed by atoms with E-state index in [2.05, 4.69) is 17.1 Å². The van der Waals surface area contributed by atoms with Crippen LogP contribution in [-0.4, -0.2) is 16.0 Å². The molecule has 2 heterocycles. The molecule has 0 saturated heterocycles. The van der Waals surface area contributed by atoms with E-state index >= 15 is 0 Å². The predicted molar refractivity (Wildman–Crippen MR) is 113 cm³/mol. The number of aryl methyl sites for hydroxylation is 2. The molecular weight excluding hydrogens is 362 g/mol. The van der Waals surface area contributed by atoms with Gasteiger partial charge < -0.3 is 4.52 Å². The molecule has 1 amide bonds. The maximum Gasteiger partial charge on any atom is 0.281 e. The maximum atomic E-state index is 13.3. The van der Waals surface area contributed by atoms with Gasteiger partial charge in [0.2, 0.25) is 0 Å². The first-order chi connectivity index (χ1) is 14.1. The van der Waals surface area contributed by atoms with Gasteiger partial charge >= 0.3 is 0 Å². The van der Waals surface area contributed by atoms with E-state index in [1.165, 1.54) is 5.56 Å². The SMILES string of the molecule is Cc1ccc(-c2cc(C(=O)N(Cc3ccccc3)c3ccccn3)no2)cc1C. The zero-order valence-corrected chi connectivity index (χ0v) is 16.4. The van der Waals surface area contributed by atoms with Crippen LogP contribution in [0.2, 0.25) is 0 Å². The normalized spacial score (nSPS) is 10.7. The monoisotopic (exact) mass is 383 g/mol. The Hall–Kier alpha value is -3.73. The number of aromatic nitrogens is 2. The summed E-state index contributed by atoms with van der Waals surface area (Å²) in [4.78, 5) is 19.2. The Kier molecular flexibility index (Phi) is 5.20. The number of nitrogens with zero attached hydrogens (tertiary/aromatic N) is 3. The van der Waals surface area contributed by atoms with Crippen molar-refractivity contribution in [1.29, 1.82) is 0 Å². The van der Waals surface area contributed by atoms with Gasteiger partial charge in [0.1, 0.15) is 5.82 Å². The Morgan fingerprint density at radius 2 is 1.72 bits per heavy atom. The molecule has 4 aromatic rings. The van der Waals surface area contributed by atoms with Crippen LogP contribution in [0, 0.1) is 13.8 Å². The molecule has 0 spiro atoms. The molecule has 144 valence electrons. The third kappa shape index (κ3) is 4.09. The van der Waals surface area contributed by atoms with E-state index in [-0.39, 0.29) is 11.6 Å². The summed E-state index contributed by atoms with van der Waals surface area (Å²) >= 11 is 0. The van der Waals surface area contributed by atoms with Gasteiger partial charge in [-0.25, -0.2) is 4.98 Å². The fourth-order valence-corrected chi connectivity index (χ4v) is 3.08. The highest BCUT2D eigenvalue weighted by Gasteiger charge is 2.23. The van der Waals surface area contributed by atoms with Gasteiger partial charge in [0, 0.05) is 17.8 Å². The first-order valence-electron chi connectivity index (χ1n) is 9.43. The second-order valence-electron chi connectivity index (χ2n) is 6.94. The molecule has 0 radical (unpaired) electrons. The largest absolute Gasteiger partial charge is 0.355 e. The lowest BCUT2D eigenvalue weighted by Crippen LogP contribution is -2.31. The summed E-state index contributed by atoms with van der Waals surface area (Å²) in [6.45, 7) is 4.50. The molecule has 2 aromatic heterocycles. The van der Waals surface area contributed by atoms with E-state index in [0.29, 0.717) is 18.1 Å².